The first-order valence-electron chi connectivity index (χ1n) is 5.05. The van der Waals surface area contributed by atoms with Crippen LogP contribution < -0.4 is 0 Å². The predicted octanol–water partition coefficient (Wildman–Crippen LogP) is 3.85. The predicted molar refractivity (Wildman–Crippen MR) is 61.4 cm³/mol. The summed E-state index contributed by atoms with van der Waals surface area (Å²) in [5.74, 6) is -0.727. The zero-order chi connectivity index (χ0) is 12.3. The quantitative estimate of drug-likeness (QED) is 0.459. The Kier molecular flexibility index (Phi) is 4.24. The highest BCUT2D eigenvalue weighted by Gasteiger charge is 2.24. The van der Waals surface area contributed by atoms with E-state index in [0.717, 1.165) is 6.07 Å². The second-order valence-corrected chi connectivity index (χ2v) is 4.23. The van der Waals surface area contributed by atoms with Crippen LogP contribution in [0.4, 0.5) is 10.1 Å². The molecule has 0 saturated heterocycles. The summed E-state index contributed by atoms with van der Waals surface area (Å²) in [6.45, 7) is 3.65. The summed E-state index contributed by atoms with van der Waals surface area (Å²) in [6, 6.07) is 3.46. The van der Waals surface area contributed by atoms with Gasteiger partial charge in [0.15, 0.2) is 0 Å². The van der Waals surface area contributed by atoms with E-state index in [2.05, 4.69) is 0 Å². The molecular weight excluding hydrogens is 233 g/mol. The summed E-state index contributed by atoms with van der Waals surface area (Å²) in [6.07, 6.45) is 0.677. The fourth-order valence-corrected chi connectivity index (χ4v) is 1.74. The summed E-state index contributed by atoms with van der Waals surface area (Å²) in [4.78, 5) is 10.3. The van der Waals surface area contributed by atoms with E-state index in [9.17, 15) is 14.5 Å². The lowest BCUT2D eigenvalue weighted by Gasteiger charge is -2.16. The second-order valence-electron chi connectivity index (χ2n) is 3.67. The van der Waals surface area contributed by atoms with Crippen LogP contribution in [0.2, 0.25) is 0 Å². The van der Waals surface area contributed by atoms with Crippen molar-refractivity contribution in [3.63, 3.8) is 0 Å². The van der Waals surface area contributed by atoms with E-state index in [1.165, 1.54) is 12.1 Å². The number of benzene rings is 1. The third kappa shape index (κ3) is 2.70. The molecule has 0 fully saturated rings. The Hall–Kier alpha value is -1.16. The molecule has 1 aromatic carbocycles. The van der Waals surface area contributed by atoms with E-state index in [0.29, 0.717) is 12.0 Å². The van der Waals surface area contributed by atoms with E-state index < -0.39 is 10.7 Å². The summed E-state index contributed by atoms with van der Waals surface area (Å²) < 4.78 is 13.1. The van der Waals surface area contributed by atoms with Crippen molar-refractivity contribution in [3.8, 4) is 0 Å². The Balaban J connectivity index is 3.19. The highest BCUT2D eigenvalue weighted by Crippen LogP contribution is 2.32. The molecule has 1 aromatic rings. The van der Waals surface area contributed by atoms with Crippen molar-refractivity contribution in [2.75, 3.05) is 0 Å². The van der Waals surface area contributed by atoms with Gasteiger partial charge in [0.05, 0.1) is 4.92 Å². The largest absolute Gasteiger partial charge is 0.273 e. The van der Waals surface area contributed by atoms with Gasteiger partial charge in [0, 0.05) is 22.9 Å². The summed E-state index contributed by atoms with van der Waals surface area (Å²) in [7, 11) is 0. The van der Waals surface area contributed by atoms with Crippen LogP contribution in [-0.4, -0.2) is 10.3 Å². The van der Waals surface area contributed by atoms with Gasteiger partial charge >= 0.3 is 0 Å². The van der Waals surface area contributed by atoms with Gasteiger partial charge in [-0.05, 0) is 18.6 Å². The minimum atomic E-state index is -0.509. The van der Waals surface area contributed by atoms with Crippen LogP contribution >= 0.6 is 11.6 Å². The van der Waals surface area contributed by atoms with Gasteiger partial charge in [-0.2, -0.15) is 0 Å². The minimum Gasteiger partial charge on any atom is -0.258 e. The lowest BCUT2D eigenvalue weighted by molar-refractivity contribution is -0.385. The van der Waals surface area contributed by atoms with Gasteiger partial charge in [-0.3, -0.25) is 10.1 Å². The number of halogens is 2. The molecule has 2 unspecified atom stereocenters. The molecule has 0 amide bonds. The van der Waals surface area contributed by atoms with Gasteiger partial charge in [-0.25, -0.2) is 4.39 Å². The van der Waals surface area contributed by atoms with Gasteiger partial charge in [0.25, 0.3) is 5.69 Å². The molecule has 2 atom stereocenters. The fraction of sp³-hybridized carbons (Fsp3) is 0.455. The van der Waals surface area contributed by atoms with Crippen LogP contribution in [0, 0.1) is 15.9 Å². The van der Waals surface area contributed by atoms with Crippen molar-refractivity contribution < 1.29 is 9.31 Å². The van der Waals surface area contributed by atoms with Gasteiger partial charge in [0.2, 0.25) is 0 Å². The van der Waals surface area contributed by atoms with Crippen molar-refractivity contribution in [2.24, 2.45) is 0 Å². The Bertz CT molecular complexity index is 398. The smallest absolute Gasteiger partial charge is 0.258 e. The summed E-state index contributed by atoms with van der Waals surface area (Å²) in [5.41, 5.74) is 0.278. The molecule has 0 aliphatic rings. The standard InChI is InChI=1S/C11H13ClFNO2/c1-3-10(12)7(2)9-6-8(13)4-5-11(9)14(15)16/h4-7,10H,3H2,1-2H3. The number of nitrogens with zero attached hydrogens (tertiary/aromatic N) is 1. The maximum absolute atomic E-state index is 13.1. The molecule has 0 saturated carbocycles. The SMILES string of the molecule is CCC(Cl)C(C)c1cc(F)ccc1[N+](=O)[O-]. The van der Waals surface area contributed by atoms with Crippen molar-refractivity contribution in [2.45, 2.75) is 31.6 Å². The number of alkyl halides is 1. The normalized spacial score (nSPS) is 14.5. The molecule has 5 heteroatoms. The summed E-state index contributed by atoms with van der Waals surface area (Å²) >= 11 is 6.03. The first-order chi connectivity index (χ1) is 7.47. The highest BCUT2D eigenvalue weighted by molar-refractivity contribution is 6.21. The number of hydrogen-bond donors (Lipinski definition) is 0. The second kappa shape index (κ2) is 5.25. The van der Waals surface area contributed by atoms with Crippen LogP contribution in [-0.2, 0) is 0 Å². The molecule has 88 valence electrons. The molecule has 0 heterocycles. The van der Waals surface area contributed by atoms with Crippen LogP contribution in [0.1, 0.15) is 31.7 Å². The van der Waals surface area contributed by atoms with Crippen LogP contribution in [0.5, 0.6) is 0 Å². The van der Waals surface area contributed by atoms with E-state index >= 15 is 0 Å². The number of rotatable bonds is 4. The Morgan fingerprint density at radius 1 is 1.56 bits per heavy atom. The molecule has 0 aliphatic heterocycles. The topological polar surface area (TPSA) is 43.1 Å². The Morgan fingerprint density at radius 2 is 2.19 bits per heavy atom. The maximum Gasteiger partial charge on any atom is 0.273 e. The molecule has 16 heavy (non-hydrogen) atoms. The molecule has 0 spiro atoms. The average Bonchev–Trinajstić information content (AvgIpc) is 2.26. The van der Waals surface area contributed by atoms with Crippen molar-refractivity contribution in [1.29, 1.82) is 0 Å². The fourth-order valence-electron chi connectivity index (χ4n) is 1.60. The number of hydrogen-bond acceptors (Lipinski definition) is 2. The highest BCUT2D eigenvalue weighted by atomic mass is 35.5. The lowest BCUT2D eigenvalue weighted by atomic mass is 9.94. The third-order valence-corrected chi connectivity index (χ3v) is 3.30. The van der Waals surface area contributed by atoms with E-state index in [1.807, 2.05) is 6.92 Å². The van der Waals surface area contributed by atoms with Crippen molar-refractivity contribution >= 4 is 17.3 Å². The monoisotopic (exact) mass is 245 g/mol. The van der Waals surface area contributed by atoms with E-state index in [-0.39, 0.29) is 17.0 Å². The van der Waals surface area contributed by atoms with E-state index in [4.69, 9.17) is 11.6 Å². The zero-order valence-electron chi connectivity index (χ0n) is 9.11. The zero-order valence-corrected chi connectivity index (χ0v) is 9.87. The van der Waals surface area contributed by atoms with E-state index in [1.54, 1.807) is 6.92 Å². The van der Waals surface area contributed by atoms with Crippen LogP contribution in [0.15, 0.2) is 18.2 Å². The number of nitro groups is 1. The van der Waals surface area contributed by atoms with Crippen molar-refractivity contribution in [1.82, 2.24) is 0 Å². The minimum absolute atomic E-state index is 0.0759. The van der Waals surface area contributed by atoms with Gasteiger partial charge in [-0.15, -0.1) is 11.6 Å². The Morgan fingerprint density at radius 3 is 2.69 bits per heavy atom. The van der Waals surface area contributed by atoms with Gasteiger partial charge in [-0.1, -0.05) is 13.8 Å². The molecule has 0 aromatic heterocycles. The number of nitro benzene ring substituents is 1. The molecule has 3 nitrogen and oxygen atoms in total. The van der Waals surface area contributed by atoms with Gasteiger partial charge < -0.3 is 0 Å². The van der Waals surface area contributed by atoms with Crippen molar-refractivity contribution in [3.05, 3.63) is 39.7 Å². The molecule has 1 rings (SSSR count). The van der Waals surface area contributed by atoms with Gasteiger partial charge in [0.1, 0.15) is 5.82 Å². The molecule has 0 aliphatic carbocycles. The first kappa shape index (κ1) is 12.9. The third-order valence-electron chi connectivity index (χ3n) is 2.61. The maximum atomic E-state index is 13.1. The first-order valence-corrected chi connectivity index (χ1v) is 5.49. The summed E-state index contributed by atoms with van der Waals surface area (Å²) in [5, 5.41) is 10.6. The Labute approximate surface area is 98.4 Å². The lowest BCUT2D eigenvalue weighted by Crippen LogP contribution is -2.10. The molecule has 0 radical (unpaired) electrons. The molecule has 0 N–H and O–H groups in total. The van der Waals surface area contributed by atoms with Crippen LogP contribution in [0.25, 0.3) is 0 Å². The molecular formula is C11H13ClFNO2. The molecule has 0 bridgehead atoms. The average molecular weight is 246 g/mol. The van der Waals surface area contributed by atoms with Crippen LogP contribution in [0.3, 0.4) is 0 Å².